The highest BCUT2D eigenvalue weighted by molar-refractivity contribution is 5.94. The first-order chi connectivity index (χ1) is 15.6. The van der Waals surface area contributed by atoms with Gasteiger partial charge in [0.25, 0.3) is 0 Å². The lowest BCUT2D eigenvalue weighted by atomic mass is 9.83. The number of nitrogens with one attached hydrogen (secondary N) is 1. The number of para-hydroxylation sites is 2. The number of carbonyl (C=O) groups is 1. The molecule has 3 aromatic carbocycles. The van der Waals surface area contributed by atoms with Crippen LogP contribution in [-0.4, -0.2) is 17.0 Å². The van der Waals surface area contributed by atoms with E-state index in [1.165, 1.54) is 6.07 Å². The van der Waals surface area contributed by atoms with E-state index in [4.69, 9.17) is 0 Å². The van der Waals surface area contributed by atoms with Gasteiger partial charge in [0.1, 0.15) is 6.54 Å². The molecule has 0 spiro atoms. The van der Waals surface area contributed by atoms with E-state index in [1.54, 1.807) is 60.9 Å². The number of carbonyl (C=O) groups excluding carboxylic acids is 1. The van der Waals surface area contributed by atoms with Crippen LogP contribution in [0.2, 0.25) is 0 Å². The predicted octanol–water partition coefficient (Wildman–Crippen LogP) is 5.27. The fourth-order valence-electron chi connectivity index (χ4n) is 3.98. The van der Waals surface area contributed by atoms with Gasteiger partial charge >= 0.3 is 6.18 Å². The van der Waals surface area contributed by atoms with Crippen LogP contribution in [0, 0.1) is 0 Å². The standard InChI is InChI=1S/C26H23F3N2O2/c1-25(2,17-8-7-9-18(14-17)26(27,28)29)16-30-23(32)15-31-21-12-5-3-10-19(21)24(33)20-11-4-6-13-22(20)31/h3-14H,15-16H2,1-2H3,(H,30,32). The van der Waals surface area contributed by atoms with E-state index >= 15 is 0 Å². The molecule has 4 aromatic rings. The lowest BCUT2D eigenvalue weighted by molar-refractivity contribution is -0.137. The van der Waals surface area contributed by atoms with Crippen LogP contribution in [0.4, 0.5) is 13.2 Å². The zero-order chi connectivity index (χ0) is 23.8. The third-order valence-corrected chi connectivity index (χ3v) is 5.88. The Morgan fingerprint density at radius 2 is 1.39 bits per heavy atom. The molecule has 0 unspecified atom stereocenters. The molecule has 0 radical (unpaired) electrons. The lowest BCUT2D eigenvalue weighted by Gasteiger charge is -2.27. The first-order valence-corrected chi connectivity index (χ1v) is 10.5. The molecule has 0 saturated carbocycles. The molecule has 170 valence electrons. The molecule has 1 amide bonds. The van der Waals surface area contributed by atoms with Crippen LogP contribution in [0.15, 0.2) is 77.6 Å². The highest BCUT2D eigenvalue weighted by Gasteiger charge is 2.32. The van der Waals surface area contributed by atoms with Crippen molar-refractivity contribution in [3.63, 3.8) is 0 Å². The van der Waals surface area contributed by atoms with Crippen molar-refractivity contribution < 1.29 is 18.0 Å². The Morgan fingerprint density at radius 3 is 1.97 bits per heavy atom. The average Bonchev–Trinajstić information content (AvgIpc) is 2.80. The molecule has 0 saturated heterocycles. The molecule has 0 aliphatic carbocycles. The average molecular weight is 452 g/mol. The smallest absolute Gasteiger partial charge is 0.354 e. The number of pyridine rings is 1. The lowest BCUT2D eigenvalue weighted by Crippen LogP contribution is -2.38. The molecule has 0 aliphatic rings. The molecule has 4 rings (SSSR count). The van der Waals surface area contributed by atoms with Gasteiger partial charge in [0.05, 0.1) is 16.6 Å². The number of nitrogens with zero attached hydrogens (tertiary/aromatic N) is 1. The summed E-state index contributed by atoms with van der Waals surface area (Å²) in [7, 11) is 0. The van der Waals surface area contributed by atoms with Gasteiger partial charge in [0.15, 0.2) is 5.43 Å². The zero-order valence-electron chi connectivity index (χ0n) is 18.2. The minimum absolute atomic E-state index is 0.0278. The van der Waals surface area contributed by atoms with Crippen molar-refractivity contribution in [2.45, 2.75) is 32.0 Å². The first-order valence-electron chi connectivity index (χ1n) is 10.5. The molecule has 1 heterocycles. The van der Waals surface area contributed by atoms with Crippen molar-refractivity contribution in [1.82, 2.24) is 9.88 Å². The Kier molecular flexibility index (Phi) is 5.74. The maximum atomic E-state index is 13.1. The minimum Gasteiger partial charge on any atom is -0.354 e. The summed E-state index contributed by atoms with van der Waals surface area (Å²) in [5.41, 5.74) is 0.248. The van der Waals surface area contributed by atoms with Gasteiger partial charge in [-0.15, -0.1) is 0 Å². The number of amides is 1. The van der Waals surface area contributed by atoms with Crippen molar-refractivity contribution >= 4 is 27.7 Å². The summed E-state index contributed by atoms with van der Waals surface area (Å²) in [6.45, 7) is 3.70. The minimum atomic E-state index is -4.43. The second-order valence-corrected chi connectivity index (χ2v) is 8.69. The van der Waals surface area contributed by atoms with Crippen molar-refractivity contribution in [1.29, 1.82) is 0 Å². The largest absolute Gasteiger partial charge is 0.416 e. The highest BCUT2D eigenvalue weighted by Crippen LogP contribution is 2.32. The summed E-state index contributed by atoms with van der Waals surface area (Å²) >= 11 is 0. The van der Waals surface area contributed by atoms with Gasteiger partial charge in [0.2, 0.25) is 5.91 Å². The van der Waals surface area contributed by atoms with Gasteiger partial charge in [-0.2, -0.15) is 13.2 Å². The molecule has 1 aromatic heterocycles. The van der Waals surface area contributed by atoms with Gasteiger partial charge in [-0.25, -0.2) is 0 Å². The normalized spacial score (nSPS) is 12.3. The summed E-state index contributed by atoms with van der Waals surface area (Å²) in [5, 5.41) is 3.90. The predicted molar refractivity (Wildman–Crippen MR) is 123 cm³/mol. The fraction of sp³-hybridized carbons (Fsp3) is 0.231. The van der Waals surface area contributed by atoms with Crippen molar-refractivity contribution in [3.8, 4) is 0 Å². The summed E-state index contributed by atoms with van der Waals surface area (Å²) in [5.74, 6) is -0.297. The molecule has 33 heavy (non-hydrogen) atoms. The van der Waals surface area contributed by atoms with Crippen molar-refractivity contribution in [2.75, 3.05) is 6.54 Å². The van der Waals surface area contributed by atoms with Crippen LogP contribution in [-0.2, 0) is 22.9 Å². The first kappa shape index (κ1) is 22.6. The van der Waals surface area contributed by atoms with E-state index < -0.39 is 17.2 Å². The number of hydrogen-bond acceptors (Lipinski definition) is 2. The monoisotopic (exact) mass is 452 g/mol. The Labute approximate surface area is 188 Å². The second kappa shape index (κ2) is 8.39. The van der Waals surface area contributed by atoms with Gasteiger partial charge in [-0.1, -0.05) is 56.3 Å². The van der Waals surface area contributed by atoms with Crippen LogP contribution in [0.3, 0.4) is 0 Å². The number of hydrogen-bond donors (Lipinski definition) is 1. The number of fused-ring (bicyclic) bond motifs is 2. The van der Waals surface area contributed by atoms with Gasteiger partial charge in [0, 0.05) is 22.7 Å². The zero-order valence-corrected chi connectivity index (χ0v) is 18.2. The highest BCUT2D eigenvalue weighted by atomic mass is 19.4. The number of rotatable bonds is 5. The molecule has 0 fully saturated rings. The van der Waals surface area contributed by atoms with E-state index in [-0.39, 0.29) is 24.4 Å². The topological polar surface area (TPSA) is 51.1 Å². The van der Waals surface area contributed by atoms with E-state index in [0.717, 1.165) is 12.1 Å². The maximum Gasteiger partial charge on any atom is 0.416 e. The Bertz CT molecular complexity index is 1340. The van der Waals surface area contributed by atoms with E-state index in [9.17, 15) is 22.8 Å². The van der Waals surface area contributed by atoms with Crippen molar-refractivity contribution in [2.24, 2.45) is 0 Å². The van der Waals surface area contributed by atoms with E-state index in [2.05, 4.69) is 5.32 Å². The Hall–Kier alpha value is -3.61. The molecule has 1 N–H and O–H groups in total. The fourth-order valence-corrected chi connectivity index (χ4v) is 3.98. The summed E-state index contributed by atoms with van der Waals surface area (Å²) in [6, 6.07) is 19.4. The van der Waals surface area contributed by atoms with Gasteiger partial charge < -0.3 is 9.88 Å². The quantitative estimate of drug-likeness (QED) is 0.420. The van der Waals surface area contributed by atoms with Crippen LogP contribution in [0.25, 0.3) is 21.8 Å². The molecular weight excluding hydrogens is 429 g/mol. The van der Waals surface area contributed by atoms with Gasteiger partial charge in [-0.3, -0.25) is 9.59 Å². The summed E-state index contributed by atoms with van der Waals surface area (Å²) in [6.07, 6.45) is -4.43. The Balaban J connectivity index is 1.60. The third kappa shape index (κ3) is 4.49. The number of halogens is 3. The van der Waals surface area contributed by atoms with Crippen molar-refractivity contribution in [3.05, 3.63) is 94.1 Å². The summed E-state index contributed by atoms with van der Waals surface area (Å²) in [4.78, 5) is 25.7. The summed E-state index contributed by atoms with van der Waals surface area (Å²) < 4.78 is 41.1. The molecule has 0 atom stereocenters. The van der Waals surface area contributed by atoms with Crippen LogP contribution >= 0.6 is 0 Å². The third-order valence-electron chi connectivity index (χ3n) is 5.88. The Morgan fingerprint density at radius 1 is 0.848 bits per heavy atom. The van der Waals surface area contributed by atoms with Gasteiger partial charge in [-0.05, 0) is 35.9 Å². The van der Waals surface area contributed by atoms with Crippen LogP contribution in [0.5, 0.6) is 0 Å². The molecule has 4 nitrogen and oxygen atoms in total. The molecule has 0 bridgehead atoms. The SMILES string of the molecule is CC(C)(CNC(=O)Cn1c2ccccc2c(=O)c2ccccc21)c1cccc(C(F)(F)F)c1. The number of alkyl halides is 3. The van der Waals surface area contributed by atoms with Crippen LogP contribution in [0.1, 0.15) is 25.0 Å². The van der Waals surface area contributed by atoms with E-state index in [1.807, 2.05) is 12.1 Å². The number of aromatic nitrogens is 1. The number of benzene rings is 3. The molecule has 0 aliphatic heterocycles. The molecular formula is C26H23F3N2O2. The maximum absolute atomic E-state index is 13.1. The second-order valence-electron chi connectivity index (χ2n) is 8.69. The van der Waals surface area contributed by atoms with Crippen LogP contribution < -0.4 is 10.7 Å². The van der Waals surface area contributed by atoms with E-state index in [0.29, 0.717) is 27.4 Å². The molecule has 7 heteroatoms.